The van der Waals surface area contributed by atoms with E-state index in [1.807, 2.05) is 79.7 Å². The van der Waals surface area contributed by atoms with E-state index >= 15 is 0 Å². The number of nitrogens with one attached hydrogen (secondary N) is 2. The van der Waals surface area contributed by atoms with Crippen LogP contribution in [0.2, 0.25) is 0 Å². The van der Waals surface area contributed by atoms with E-state index in [-0.39, 0.29) is 11.7 Å². The van der Waals surface area contributed by atoms with E-state index in [0.29, 0.717) is 0 Å². The summed E-state index contributed by atoms with van der Waals surface area (Å²) in [7, 11) is 0. The number of rotatable bonds is 2. The Hall–Kier alpha value is -3.31. The van der Waals surface area contributed by atoms with E-state index in [1.54, 1.807) is 11.8 Å². The van der Waals surface area contributed by atoms with Crippen molar-refractivity contribution in [3.8, 4) is 0 Å². The monoisotopic (exact) mass is 397 g/mol. The number of hydrogen-bond donors (Lipinski definition) is 2. The summed E-state index contributed by atoms with van der Waals surface area (Å²) >= 11 is 1.59. The van der Waals surface area contributed by atoms with Gasteiger partial charge in [-0.1, -0.05) is 71.9 Å². The second kappa shape index (κ2) is 6.94. The number of hydrogen-bond acceptors (Lipinski definition) is 4. The molecular weight excluding hydrogens is 378 g/mol. The van der Waals surface area contributed by atoms with Gasteiger partial charge in [-0.2, -0.15) is 0 Å². The third-order valence-corrected chi connectivity index (χ3v) is 6.35. The molecule has 5 rings (SSSR count). The molecule has 142 valence electrons. The van der Waals surface area contributed by atoms with Gasteiger partial charge in [-0.3, -0.25) is 15.1 Å². The van der Waals surface area contributed by atoms with E-state index in [2.05, 4.69) is 11.4 Å². The smallest absolute Gasteiger partial charge is 0.244 e. The van der Waals surface area contributed by atoms with Crippen molar-refractivity contribution in [2.75, 3.05) is 10.2 Å². The molecule has 0 radical (unpaired) electrons. The Balaban J connectivity index is 1.65. The molecule has 29 heavy (non-hydrogen) atoms. The highest BCUT2D eigenvalue weighted by molar-refractivity contribution is 8.03. The van der Waals surface area contributed by atoms with Crippen molar-refractivity contribution in [2.45, 2.75) is 17.7 Å². The second-order valence-electron chi connectivity index (χ2n) is 7.17. The topological polar surface area (TPSA) is 56.2 Å². The SMILES string of the molecule is Cc1ccc(N2C(=N)/C(=C3/Nc4ccccc4S3)C(c3ccccc3)C2=O)cc1. The minimum absolute atomic E-state index is 0.0918. The van der Waals surface area contributed by atoms with Crippen LogP contribution in [0, 0.1) is 12.3 Å². The maximum Gasteiger partial charge on any atom is 0.244 e. The summed E-state index contributed by atoms with van der Waals surface area (Å²) in [6, 6.07) is 25.5. The van der Waals surface area contributed by atoms with Gasteiger partial charge < -0.3 is 5.32 Å². The average Bonchev–Trinajstić information content (AvgIpc) is 3.27. The van der Waals surface area contributed by atoms with Gasteiger partial charge in [0.1, 0.15) is 5.84 Å². The zero-order chi connectivity index (χ0) is 20.0. The Kier molecular flexibility index (Phi) is 4.25. The zero-order valence-electron chi connectivity index (χ0n) is 15.8. The van der Waals surface area contributed by atoms with Crippen LogP contribution >= 0.6 is 11.8 Å². The number of thioether (sulfide) groups is 1. The molecule has 0 spiro atoms. The van der Waals surface area contributed by atoms with E-state index in [9.17, 15) is 4.79 Å². The number of para-hydroxylation sites is 1. The summed E-state index contributed by atoms with van der Waals surface area (Å²) in [5.74, 6) is -0.365. The van der Waals surface area contributed by atoms with Gasteiger partial charge in [0, 0.05) is 10.5 Å². The van der Waals surface area contributed by atoms with Gasteiger partial charge in [-0.05, 0) is 36.8 Å². The molecule has 2 N–H and O–H groups in total. The number of anilines is 2. The minimum Gasteiger partial charge on any atom is -0.349 e. The lowest BCUT2D eigenvalue weighted by molar-refractivity contribution is -0.117. The Morgan fingerprint density at radius 2 is 1.62 bits per heavy atom. The molecule has 1 fully saturated rings. The molecule has 0 aliphatic carbocycles. The van der Waals surface area contributed by atoms with Crippen LogP contribution in [-0.4, -0.2) is 11.7 Å². The molecule has 3 aromatic rings. The lowest BCUT2D eigenvalue weighted by Gasteiger charge is -2.16. The predicted molar refractivity (Wildman–Crippen MR) is 119 cm³/mol. The lowest BCUT2D eigenvalue weighted by Crippen LogP contribution is -2.29. The fraction of sp³-hybridized carbons (Fsp3) is 0.0833. The standard InChI is InChI=1S/C24H19N3OS/c1-15-11-13-17(14-12-15)27-22(25)21(20(24(27)28)16-7-3-2-4-8-16)23-26-18-9-5-6-10-19(18)29-23/h2-14,20,25-26H,1H3/b23-21-,25-22?. The van der Waals surface area contributed by atoms with Crippen LogP contribution in [0.3, 0.4) is 0 Å². The average molecular weight is 398 g/mol. The Morgan fingerprint density at radius 3 is 2.34 bits per heavy atom. The van der Waals surface area contributed by atoms with E-state index in [0.717, 1.165) is 38.0 Å². The molecular formula is C24H19N3OS. The molecule has 1 atom stereocenters. The maximum atomic E-state index is 13.6. The third-order valence-electron chi connectivity index (χ3n) is 5.25. The highest BCUT2D eigenvalue weighted by Gasteiger charge is 2.45. The first-order chi connectivity index (χ1) is 14.1. The van der Waals surface area contributed by atoms with Crippen molar-refractivity contribution in [1.82, 2.24) is 0 Å². The second-order valence-corrected chi connectivity index (χ2v) is 8.22. The van der Waals surface area contributed by atoms with Crippen LogP contribution in [-0.2, 0) is 4.79 Å². The minimum atomic E-state index is -0.505. The maximum absolute atomic E-state index is 13.6. The Labute approximate surface area is 173 Å². The summed E-state index contributed by atoms with van der Waals surface area (Å²) in [4.78, 5) is 16.2. The molecule has 1 unspecified atom stereocenters. The summed E-state index contributed by atoms with van der Waals surface area (Å²) in [6.07, 6.45) is 0. The van der Waals surface area contributed by atoms with Crippen LogP contribution in [0.25, 0.3) is 0 Å². The molecule has 0 saturated carbocycles. The highest BCUT2D eigenvalue weighted by atomic mass is 32.2. The van der Waals surface area contributed by atoms with E-state index in [1.165, 1.54) is 4.90 Å². The van der Waals surface area contributed by atoms with Crippen LogP contribution < -0.4 is 10.2 Å². The Bertz CT molecular complexity index is 1130. The molecule has 4 nitrogen and oxygen atoms in total. The largest absolute Gasteiger partial charge is 0.349 e. The molecule has 2 aliphatic rings. The first-order valence-electron chi connectivity index (χ1n) is 9.46. The molecule has 1 amide bonds. The van der Waals surface area contributed by atoms with Crippen LogP contribution in [0.1, 0.15) is 17.0 Å². The molecule has 5 heteroatoms. The summed E-state index contributed by atoms with van der Waals surface area (Å²) < 4.78 is 0. The third kappa shape index (κ3) is 2.95. The van der Waals surface area contributed by atoms with Crippen molar-refractivity contribution < 1.29 is 4.79 Å². The number of carbonyl (C=O) groups is 1. The molecule has 1 saturated heterocycles. The van der Waals surface area contributed by atoms with Crippen molar-refractivity contribution in [3.63, 3.8) is 0 Å². The van der Waals surface area contributed by atoms with Crippen LogP contribution in [0.5, 0.6) is 0 Å². The van der Waals surface area contributed by atoms with Crippen LogP contribution in [0.15, 0.2) is 94.4 Å². The van der Waals surface area contributed by atoms with Crippen LogP contribution in [0.4, 0.5) is 11.4 Å². The number of amidine groups is 1. The highest BCUT2D eigenvalue weighted by Crippen LogP contribution is 2.48. The van der Waals surface area contributed by atoms with Gasteiger partial charge >= 0.3 is 0 Å². The number of benzene rings is 3. The van der Waals surface area contributed by atoms with E-state index < -0.39 is 5.92 Å². The molecule has 0 bridgehead atoms. The predicted octanol–water partition coefficient (Wildman–Crippen LogP) is 5.53. The first-order valence-corrected chi connectivity index (χ1v) is 10.3. The molecule has 3 aromatic carbocycles. The quantitative estimate of drug-likeness (QED) is 0.598. The fourth-order valence-electron chi connectivity index (χ4n) is 3.80. The number of nitrogens with zero attached hydrogens (tertiary/aromatic N) is 1. The van der Waals surface area contributed by atoms with Gasteiger partial charge in [0.05, 0.1) is 22.3 Å². The zero-order valence-corrected chi connectivity index (χ0v) is 16.7. The summed E-state index contributed by atoms with van der Waals surface area (Å²) in [5, 5.41) is 13.2. The van der Waals surface area contributed by atoms with Gasteiger partial charge in [-0.25, -0.2) is 0 Å². The van der Waals surface area contributed by atoms with Gasteiger partial charge in [0.15, 0.2) is 0 Å². The van der Waals surface area contributed by atoms with Crippen molar-refractivity contribution in [2.24, 2.45) is 0 Å². The number of aryl methyl sites for hydroxylation is 1. The van der Waals surface area contributed by atoms with Gasteiger partial charge in [0.2, 0.25) is 5.91 Å². The van der Waals surface area contributed by atoms with Crippen molar-refractivity contribution in [3.05, 3.63) is 101 Å². The number of amides is 1. The lowest BCUT2D eigenvalue weighted by atomic mass is 9.93. The summed E-state index contributed by atoms with van der Waals surface area (Å²) in [5.41, 5.74) is 4.48. The molecule has 0 aromatic heterocycles. The number of carbonyl (C=O) groups excluding carboxylic acids is 1. The van der Waals surface area contributed by atoms with Gasteiger partial charge in [0.25, 0.3) is 0 Å². The van der Waals surface area contributed by atoms with E-state index in [4.69, 9.17) is 5.41 Å². The van der Waals surface area contributed by atoms with Gasteiger partial charge in [-0.15, -0.1) is 0 Å². The fourth-order valence-corrected chi connectivity index (χ4v) is 4.88. The molecule has 2 aliphatic heterocycles. The molecule has 2 heterocycles. The number of fused-ring (bicyclic) bond motifs is 1. The summed E-state index contributed by atoms with van der Waals surface area (Å²) in [6.45, 7) is 2.01. The first kappa shape index (κ1) is 17.8. The van der Waals surface area contributed by atoms with Crippen molar-refractivity contribution in [1.29, 1.82) is 5.41 Å². The van der Waals surface area contributed by atoms with Crippen molar-refractivity contribution >= 4 is 34.9 Å². The Morgan fingerprint density at radius 1 is 0.931 bits per heavy atom. The normalized spacial score (nSPS) is 20.7.